The Morgan fingerprint density at radius 2 is 2.43 bits per heavy atom. The molecular formula is C5H9OS. The van der Waals surface area contributed by atoms with Crippen molar-refractivity contribution in [1.29, 1.82) is 0 Å². The fraction of sp³-hybridized carbons (Fsp3) is 0.600. The Kier molecular flexibility index (Phi) is 4.20. The van der Waals surface area contributed by atoms with E-state index >= 15 is 0 Å². The Bertz CT molecular complexity index is 61.1. The second-order valence-corrected chi connectivity index (χ2v) is 2.45. The molecule has 0 aromatic rings. The van der Waals surface area contributed by atoms with E-state index in [-0.39, 0.29) is 5.78 Å². The maximum atomic E-state index is 10.1. The first-order valence-corrected chi connectivity index (χ1v) is 3.35. The van der Waals surface area contributed by atoms with Crippen LogP contribution in [0.25, 0.3) is 0 Å². The molecular weight excluding hydrogens is 108 g/mol. The number of ketones is 1. The van der Waals surface area contributed by atoms with Gasteiger partial charge in [-0.3, -0.25) is 4.79 Å². The van der Waals surface area contributed by atoms with Gasteiger partial charge in [0.05, 0.1) is 5.75 Å². The quantitative estimate of drug-likeness (QED) is 0.551. The highest BCUT2D eigenvalue weighted by Gasteiger charge is 1.87. The van der Waals surface area contributed by atoms with E-state index in [9.17, 15) is 4.79 Å². The number of hydrogen-bond acceptors (Lipinski definition) is 2. The summed E-state index contributed by atoms with van der Waals surface area (Å²) in [6, 6.07) is 0. The molecule has 0 rings (SSSR count). The number of thioether (sulfide) groups is 1. The Balaban J connectivity index is 2.82. The molecule has 0 fully saturated rings. The van der Waals surface area contributed by atoms with Crippen LogP contribution in [0.4, 0.5) is 0 Å². The summed E-state index contributed by atoms with van der Waals surface area (Å²) >= 11 is 1.60. The van der Waals surface area contributed by atoms with Crippen molar-refractivity contribution in [2.45, 2.75) is 6.92 Å². The Morgan fingerprint density at radius 1 is 1.86 bits per heavy atom. The second-order valence-electron chi connectivity index (χ2n) is 1.18. The first-order chi connectivity index (χ1) is 3.27. The van der Waals surface area contributed by atoms with Crippen LogP contribution in [-0.2, 0) is 4.79 Å². The number of hydrogen-bond donors (Lipinski definition) is 0. The summed E-state index contributed by atoms with van der Waals surface area (Å²) in [5, 5.41) is 0. The van der Waals surface area contributed by atoms with Crippen molar-refractivity contribution in [3.63, 3.8) is 0 Å². The number of Topliss-reactive ketones (excluding diaryl/α,β-unsaturated/α-hetero) is 1. The molecule has 0 N–H and O–H groups in total. The summed E-state index contributed by atoms with van der Waals surface area (Å²) in [6.07, 6.45) is 0. The van der Waals surface area contributed by atoms with Gasteiger partial charge in [0.25, 0.3) is 0 Å². The fourth-order valence-electron chi connectivity index (χ4n) is 0.216. The number of carbonyl (C=O) groups excluding carboxylic acids is 1. The molecule has 0 atom stereocenters. The molecule has 0 aliphatic carbocycles. The van der Waals surface area contributed by atoms with E-state index in [2.05, 4.69) is 6.92 Å². The van der Waals surface area contributed by atoms with Gasteiger partial charge < -0.3 is 0 Å². The van der Waals surface area contributed by atoms with Crippen LogP contribution in [0, 0.1) is 6.92 Å². The van der Waals surface area contributed by atoms with Crippen LogP contribution in [0.1, 0.15) is 6.92 Å². The minimum atomic E-state index is 0.0202. The number of carbonyl (C=O) groups is 1. The molecule has 0 bridgehead atoms. The van der Waals surface area contributed by atoms with Gasteiger partial charge in [0, 0.05) is 6.92 Å². The monoisotopic (exact) mass is 117 g/mol. The third-order valence-corrected chi connectivity index (χ3v) is 1.40. The lowest BCUT2D eigenvalue weighted by molar-refractivity contribution is -0.112. The maximum Gasteiger partial charge on any atom is 0.143 e. The van der Waals surface area contributed by atoms with Gasteiger partial charge in [0.15, 0.2) is 0 Å². The van der Waals surface area contributed by atoms with E-state index in [0.29, 0.717) is 5.75 Å². The van der Waals surface area contributed by atoms with Gasteiger partial charge in [-0.25, -0.2) is 0 Å². The molecule has 0 saturated heterocycles. The Hall–Kier alpha value is 0.0200. The SMILES string of the molecule is [CH2]C(=O)CSCC. The van der Waals surface area contributed by atoms with E-state index in [1.165, 1.54) is 0 Å². The van der Waals surface area contributed by atoms with Crippen LogP contribution in [-0.4, -0.2) is 17.3 Å². The maximum absolute atomic E-state index is 10.1. The second kappa shape index (κ2) is 4.19. The van der Waals surface area contributed by atoms with E-state index in [1.807, 2.05) is 6.92 Å². The molecule has 0 aliphatic rings. The smallest absolute Gasteiger partial charge is 0.143 e. The molecule has 0 spiro atoms. The van der Waals surface area contributed by atoms with Crippen LogP contribution in [0.15, 0.2) is 0 Å². The summed E-state index contributed by atoms with van der Waals surface area (Å²) < 4.78 is 0. The summed E-state index contributed by atoms with van der Waals surface area (Å²) in [5.41, 5.74) is 0. The lowest BCUT2D eigenvalue weighted by Crippen LogP contribution is -1.92. The molecule has 0 saturated carbocycles. The van der Waals surface area contributed by atoms with Gasteiger partial charge in [-0.15, -0.1) is 0 Å². The lowest BCUT2D eigenvalue weighted by atomic mass is 10.5. The largest absolute Gasteiger partial charge is 0.299 e. The molecule has 7 heavy (non-hydrogen) atoms. The first kappa shape index (κ1) is 7.02. The van der Waals surface area contributed by atoms with Crippen molar-refractivity contribution in [3.8, 4) is 0 Å². The zero-order valence-electron chi connectivity index (χ0n) is 4.44. The lowest BCUT2D eigenvalue weighted by Gasteiger charge is -1.87. The standard InChI is InChI=1S/C5H9OS/c1-3-7-4-5(2)6/h2-4H2,1H3. The van der Waals surface area contributed by atoms with Crippen LogP contribution in [0.3, 0.4) is 0 Å². The molecule has 41 valence electrons. The van der Waals surface area contributed by atoms with Crippen molar-refractivity contribution < 1.29 is 4.79 Å². The molecule has 0 amide bonds. The number of rotatable bonds is 3. The molecule has 1 nitrogen and oxygen atoms in total. The molecule has 2 heteroatoms. The van der Waals surface area contributed by atoms with Crippen molar-refractivity contribution in [2.75, 3.05) is 11.5 Å². The topological polar surface area (TPSA) is 17.1 Å². The predicted molar refractivity (Wildman–Crippen MR) is 33.4 cm³/mol. The molecule has 0 heterocycles. The fourth-order valence-corrected chi connectivity index (χ4v) is 0.648. The average molecular weight is 117 g/mol. The highest BCUT2D eigenvalue weighted by Crippen LogP contribution is 1.95. The van der Waals surface area contributed by atoms with Crippen molar-refractivity contribution >= 4 is 17.5 Å². The van der Waals surface area contributed by atoms with E-state index in [1.54, 1.807) is 11.8 Å². The summed E-state index contributed by atoms with van der Waals surface area (Å²) in [4.78, 5) is 10.1. The summed E-state index contributed by atoms with van der Waals surface area (Å²) in [5.74, 6) is 1.59. The van der Waals surface area contributed by atoms with Crippen molar-refractivity contribution in [2.24, 2.45) is 0 Å². The minimum Gasteiger partial charge on any atom is -0.299 e. The van der Waals surface area contributed by atoms with E-state index in [0.717, 1.165) is 5.75 Å². The van der Waals surface area contributed by atoms with Gasteiger partial charge in [0.1, 0.15) is 5.78 Å². The Morgan fingerprint density at radius 3 is 2.57 bits per heavy atom. The summed E-state index contributed by atoms with van der Waals surface area (Å²) in [6.45, 7) is 5.24. The zero-order valence-corrected chi connectivity index (χ0v) is 5.25. The summed E-state index contributed by atoms with van der Waals surface area (Å²) in [7, 11) is 0. The average Bonchev–Trinajstić information content (AvgIpc) is 1.61. The van der Waals surface area contributed by atoms with Crippen molar-refractivity contribution in [3.05, 3.63) is 6.92 Å². The third-order valence-electron chi connectivity index (χ3n) is 0.467. The van der Waals surface area contributed by atoms with Crippen LogP contribution in [0.2, 0.25) is 0 Å². The zero-order chi connectivity index (χ0) is 5.70. The van der Waals surface area contributed by atoms with Crippen molar-refractivity contribution in [1.82, 2.24) is 0 Å². The van der Waals surface area contributed by atoms with Gasteiger partial charge in [-0.2, -0.15) is 11.8 Å². The van der Waals surface area contributed by atoms with Gasteiger partial charge >= 0.3 is 0 Å². The molecule has 0 aromatic carbocycles. The molecule has 0 aromatic heterocycles. The molecule has 1 radical (unpaired) electrons. The van der Waals surface area contributed by atoms with E-state index in [4.69, 9.17) is 0 Å². The highest BCUT2D eigenvalue weighted by atomic mass is 32.2. The normalized spacial score (nSPS) is 8.86. The Labute approximate surface area is 48.5 Å². The molecule has 0 aliphatic heterocycles. The van der Waals surface area contributed by atoms with Crippen LogP contribution < -0.4 is 0 Å². The van der Waals surface area contributed by atoms with E-state index < -0.39 is 0 Å². The minimum absolute atomic E-state index is 0.0202. The van der Waals surface area contributed by atoms with Crippen LogP contribution >= 0.6 is 11.8 Å². The molecule has 0 unspecified atom stereocenters. The van der Waals surface area contributed by atoms with Gasteiger partial charge in [-0.05, 0) is 5.75 Å². The predicted octanol–water partition coefficient (Wildman–Crippen LogP) is 1.14. The first-order valence-electron chi connectivity index (χ1n) is 2.20. The van der Waals surface area contributed by atoms with Gasteiger partial charge in [0.2, 0.25) is 0 Å². The highest BCUT2D eigenvalue weighted by molar-refractivity contribution is 7.99. The van der Waals surface area contributed by atoms with Crippen LogP contribution in [0.5, 0.6) is 0 Å². The van der Waals surface area contributed by atoms with Gasteiger partial charge in [-0.1, -0.05) is 6.92 Å². The third kappa shape index (κ3) is 6.02.